The Hall–Kier alpha value is -1.22. The van der Waals surface area contributed by atoms with Crippen molar-refractivity contribution < 1.29 is 15.2 Å². The van der Waals surface area contributed by atoms with Crippen molar-refractivity contribution in [2.45, 2.75) is 6.54 Å². The first-order valence-corrected chi connectivity index (χ1v) is 3.58. The van der Waals surface area contributed by atoms with Crippen LogP contribution in [0.3, 0.4) is 0 Å². The minimum Gasteiger partial charge on any atom is -0.454 e. The molecule has 1 aliphatic rings. The largest absolute Gasteiger partial charge is 0.454 e. The maximum atomic E-state index is 5.19. The Kier molecular flexibility index (Phi) is 1.43. The van der Waals surface area contributed by atoms with E-state index in [2.05, 4.69) is 5.73 Å². The minimum atomic E-state index is 0.343. The molecule has 0 fully saturated rings. The Bertz CT molecular complexity index is 273. The van der Waals surface area contributed by atoms with E-state index >= 15 is 0 Å². The zero-order valence-electron chi connectivity index (χ0n) is 6.17. The molecule has 0 atom stereocenters. The molecule has 0 aromatic heterocycles. The predicted octanol–water partition coefficient (Wildman–Crippen LogP) is 0.157. The average Bonchev–Trinajstić information content (AvgIpc) is 2.50. The van der Waals surface area contributed by atoms with E-state index in [1.807, 2.05) is 18.2 Å². The molecular formula is C8H10NO2+. The number of rotatable bonds is 1. The Morgan fingerprint density at radius 2 is 2.09 bits per heavy atom. The van der Waals surface area contributed by atoms with E-state index in [0.29, 0.717) is 6.79 Å². The van der Waals surface area contributed by atoms with E-state index in [-0.39, 0.29) is 0 Å². The van der Waals surface area contributed by atoms with Crippen LogP contribution in [0.4, 0.5) is 0 Å². The molecule has 1 heterocycles. The number of fused-ring (bicyclic) bond motifs is 1. The SMILES string of the molecule is [NH3+]Cc1ccc2c(c1)OCO2. The maximum absolute atomic E-state index is 5.19. The molecule has 0 bridgehead atoms. The van der Waals surface area contributed by atoms with E-state index < -0.39 is 0 Å². The van der Waals surface area contributed by atoms with Gasteiger partial charge in [0.1, 0.15) is 0 Å². The Labute approximate surface area is 64.7 Å². The van der Waals surface area contributed by atoms with Crippen molar-refractivity contribution >= 4 is 0 Å². The van der Waals surface area contributed by atoms with Gasteiger partial charge in [0.15, 0.2) is 11.5 Å². The minimum absolute atomic E-state index is 0.343. The summed E-state index contributed by atoms with van der Waals surface area (Å²) in [5.41, 5.74) is 4.96. The van der Waals surface area contributed by atoms with Crippen LogP contribution in [-0.4, -0.2) is 6.79 Å². The lowest BCUT2D eigenvalue weighted by molar-refractivity contribution is -0.386. The van der Waals surface area contributed by atoms with Crippen LogP contribution in [0.2, 0.25) is 0 Å². The number of hydrogen-bond acceptors (Lipinski definition) is 2. The lowest BCUT2D eigenvalue weighted by Gasteiger charge is -1.96. The topological polar surface area (TPSA) is 46.1 Å². The zero-order valence-corrected chi connectivity index (χ0v) is 6.17. The van der Waals surface area contributed by atoms with Gasteiger partial charge in [-0.2, -0.15) is 0 Å². The Morgan fingerprint density at radius 1 is 1.27 bits per heavy atom. The Balaban J connectivity index is 2.41. The first-order chi connectivity index (χ1) is 5.40. The van der Waals surface area contributed by atoms with Crippen molar-refractivity contribution in [3.05, 3.63) is 23.8 Å². The molecule has 1 aromatic rings. The summed E-state index contributed by atoms with van der Waals surface area (Å²) >= 11 is 0. The summed E-state index contributed by atoms with van der Waals surface area (Å²) in [6.45, 7) is 1.13. The number of hydrogen-bond donors (Lipinski definition) is 1. The fraction of sp³-hybridized carbons (Fsp3) is 0.250. The first-order valence-electron chi connectivity index (χ1n) is 3.58. The summed E-state index contributed by atoms with van der Waals surface area (Å²) < 4.78 is 10.3. The van der Waals surface area contributed by atoms with Gasteiger partial charge in [-0.05, 0) is 18.2 Å². The van der Waals surface area contributed by atoms with Crippen molar-refractivity contribution in [1.82, 2.24) is 0 Å². The van der Waals surface area contributed by atoms with Gasteiger partial charge in [-0.3, -0.25) is 0 Å². The molecule has 0 amide bonds. The molecule has 0 radical (unpaired) electrons. The summed E-state index contributed by atoms with van der Waals surface area (Å²) in [6, 6.07) is 5.89. The van der Waals surface area contributed by atoms with Gasteiger partial charge in [-0.1, -0.05) is 0 Å². The van der Waals surface area contributed by atoms with Crippen molar-refractivity contribution in [3.63, 3.8) is 0 Å². The molecule has 11 heavy (non-hydrogen) atoms. The lowest BCUT2D eigenvalue weighted by Crippen LogP contribution is -2.47. The van der Waals surface area contributed by atoms with Gasteiger partial charge in [0.05, 0.1) is 6.54 Å². The van der Waals surface area contributed by atoms with Gasteiger partial charge in [-0.15, -0.1) is 0 Å². The molecule has 2 rings (SSSR count). The van der Waals surface area contributed by atoms with E-state index in [4.69, 9.17) is 9.47 Å². The highest BCUT2D eigenvalue weighted by Crippen LogP contribution is 2.32. The van der Waals surface area contributed by atoms with E-state index in [1.54, 1.807) is 0 Å². The smallest absolute Gasteiger partial charge is 0.231 e. The van der Waals surface area contributed by atoms with Crippen molar-refractivity contribution in [3.8, 4) is 11.5 Å². The van der Waals surface area contributed by atoms with Gasteiger partial charge >= 0.3 is 0 Å². The molecule has 3 N–H and O–H groups in total. The van der Waals surface area contributed by atoms with Crippen LogP contribution in [0.1, 0.15) is 5.56 Å². The fourth-order valence-corrected chi connectivity index (χ4v) is 1.10. The highest BCUT2D eigenvalue weighted by atomic mass is 16.7. The monoisotopic (exact) mass is 152 g/mol. The van der Waals surface area contributed by atoms with Crippen LogP contribution in [0.15, 0.2) is 18.2 Å². The molecule has 58 valence electrons. The van der Waals surface area contributed by atoms with Gasteiger partial charge in [0.2, 0.25) is 6.79 Å². The van der Waals surface area contributed by atoms with Crippen LogP contribution in [0, 0.1) is 0 Å². The molecule has 3 heteroatoms. The van der Waals surface area contributed by atoms with E-state index in [0.717, 1.165) is 18.0 Å². The third kappa shape index (κ3) is 1.03. The van der Waals surface area contributed by atoms with Gasteiger partial charge < -0.3 is 15.2 Å². The first kappa shape index (κ1) is 6.49. The van der Waals surface area contributed by atoms with Crippen LogP contribution in [0.25, 0.3) is 0 Å². The third-order valence-electron chi connectivity index (χ3n) is 1.73. The molecule has 0 saturated heterocycles. The maximum Gasteiger partial charge on any atom is 0.231 e. The number of benzene rings is 1. The zero-order chi connectivity index (χ0) is 7.68. The number of quaternary nitrogens is 1. The molecule has 0 aliphatic carbocycles. The molecule has 0 spiro atoms. The summed E-state index contributed by atoms with van der Waals surface area (Å²) in [7, 11) is 0. The van der Waals surface area contributed by atoms with E-state index in [9.17, 15) is 0 Å². The van der Waals surface area contributed by atoms with E-state index in [1.165, 1.54) is 5.56 Å². The third-order valence-corrected chi connectivity index (χ3v) is 1.73. The summed E-state index contributed by atoms with van der Waals surface area (Å²) in [5.74, 6) is 1.67. The van der Waals surface area contributed by atoms with Crippen molar-refractivity contribution in [1.29, 1.82) is 0 Å². The van der Waals surface area contributed by atoms with Gasteiger partial charge in [0, 0.05) is 5.56 Å². The molecule has 1 aromatic carbocycles. The molecular weight excluding hydrogens is 142 g/mol. The molecule has 3 nitrogen and oxygen atoms in total. The second-order valence-electron chi connectivity index (χ2n) is 2.44. The van der Waals surface area contributed by atoms with Crippen LogP contribution in [-0.2, 0) is 6.54 Å². The molecule has 1 aliphatic heterocycles. The van der Waals surface area contributed by atoms with Crippen molar-refractivity contribution in [2.24, 2.45) is 0 Å². The predicted molar refractivity (Wildman–Crippen MR) is 39.2 cm³/mol. The van der Waals surface area contributed by atoms with Crippen LogP contribution >= 0.6 is 0 Å². The molecule has 0 saturated carbocycles. The normalized spacial score (nSPS) is 13.5. The summed E-state index contributed by atoms with van der Waals surface area (Å²) in [5, 5.41) is 0. The standard InChI is InChI=1S/C8H9NO2/c9-4-6-1-2-7-8(3-6)11-5-10-7/h1-3H,4-5,9H2/p+1. The van der Waals surface area contributed by atoms with Gasteiger partial charge in [-0.25, -0.2) is 0 Å². The highest BCUT2D eigenvalue weighted by molar-refractivity contribution is 5.44. The fourth-order valence-electron chi connectivity index (χ4n) is 1.10. The highest BCUT2D eigenvalue weighted by Gasteiger charge is 2.12. The van der Waals surface area contributed by atoms with Crippen molar-refractivity contribution in [2.75, 3.05) is 6.79 Å². The lowest BCUT2D eigenvalue weighted by atomic mass is 10.2. The second kappa shape index (κ2) is 2.43. The Morgan fingerprint density at radius 3 is 2.91 bits per heavy atom. The summed E-state index contributed by atoms with van der Waals surface area (Å²) in [6.07, 6.45) is 0. The van der Waals surface area contributed by atoms with Crippen LogP contribution < -0.4 is 15.2 Å². The van der Waals surface area contributed by atoms with Gasteiger partial charge in [0.25, 0.3) is 0 Å². The average molecular weight is 152 g/mol. The molecule has 0 unspecified atom stereocenters. The quantitative estimate of drug-likeness (QED) is 0.623. The van der Waals surface area contributed by atoms with Crippen LogP contribution in [0.5, 0.6) is 11.5 Å². The number of ether oxygens (including phenoxy) is 2. The summed E-state index contributed by atoms with van der Waals surface area (Å²) in [4.78, 5) is 0. The second-order valence-corrected chi connectivity index (χ2v) is 2.44.